The Kier molecular flexibility index (Phi) is 5.74. The van der Waals surface area contributed by atoms with Crippen LogP contribution in [0.15, 0.2) is 66.0 Å². The van der Waals surface area contributed by atoms with E-state index in [1.165, 1.54) is 0 Å². The molecule has 0 N–H and O–H groups in total. The number of thiophene rings is 1. The van der Waals surface area contributed by atoms with Crippen LogP contribution in [0.25, 0.3) is 0 Å². The lowest BCUT2D eigenvalue weighted by Gasteiger charge is -2.23. The average Bonchev–Trinajstić information content (AvgIpc) is 3.13. The van der Waals surface area contributed by atoms with Crippen LogP contribution in [0, 0.1) is 0 Å². The Balaban J connectivity index is 1.92. The van der Waals surface area contributed by atoms with Gasteiger partial charge in [0.1, 0.15) is 5.75 Å². The Labute approximate surface area is 156 Å². The van der Waals surface area contributed by atoms with Gasteiger partial charge in [-0.25, -0.2) is 0 Å². The van der Waals surface area contributed by atoms with Crippen LogP contribution in [-0.4, -0.2) is 12.5 Å². The lowest BCUT2D eigenvalue weighted by Crippen LogP contribution is -2.30. The molecule has 0 aliphatic rings. The lowest BCUT2D eigenvalue weighted by molar-refractivity contribution is 0.0985. The third kappa shape index (κ3) is 4.41. The van der Waals surface area contributed by atoms with E-state index in [0.29, 0.717) is 23.7 Å². The molecule has 0 aliphatic heterocycles. The molecule has 0 unspecified atom stereocenters. The highest BCUT2D eigenvalue weighted by atomic mass is 35.5. The molecule has 25 heavy (non-hydrogen) atoms. The van der Waals surface area contributed by atoms with Gasteiger partial charge >= 0.3 is 0 Å². The maximum atomic E-state index is 13.1. The maximum Gasteiger partial charge on any atom is 0.258 e. The minimum atomic E-state index is -0.0833. The Morgan fingerprint density at radius 3 is 2.56 bits per heavy atom. The molecule has 3 rings (SSSR count). The van der Waals surface area contributed by atoms with Gasteiger partial charge in [0.15, 0.2) is 0 Å². The minimum Gasteiger partial charge on any atom is -0.494 e. The van der Waals surface area contributed by atoms with Gasteiger partial charge in [0.2, 0.25) is 0 Å². The van der Waals surface area contributed by atoms with Crippen molar-refractivity contribution in [3.63, 3.8) is 0 Å². The molecule has 0 bridgehead atoms. The molecule has 5 heteroatoms. The molecule has 1 amide bonds. The van der Waals surface area contributed by atoms with Crippen molar-refractivity contribution in [3.05, 3.63) is 81.5 Å². The number of benzene rings is 2. The zero-order valence-electron chi connectivity index (χ0n) is 13.8. The first-order chi connectivity index (χ1) is 12.2. The number of hydrogen-bond donors (Lipinski definition) is 0. The van der Waals surface area contributed by atoms with Crippen molar-refractivity contribution in [2.75, 3.05) is 11.5 Å². The van der Waals surface area contributed by atoms with Crippen molar-refractivity contribution in [1.29, 1.82) is 0 Å². The first kappa shape index (κ1) is 17.5. The van der Waals surface area contributed by atoms with Crippen molar-refractivity contribution in [3.8, 4) is 5.75 Å². The topological polar surface area (TPSA) is 29.5 Å². The van der Waals surface area contributed by atoms with E-state index in [2.05, 4.69) is 0 Å². The second-order valence-corrected chi connectivity index (χ2v) is 6.88. The maximum absolute atomic E-state index is 13.1. The number of rotatable bonds is 6. The summed E-state index contributed by atoms with van der Waals surface area (Å²) in [6.07, 6.45) is 0. The monoisotopic (exact) mass is 371 g/mol. The fourth-order valence-electron chi connectivity index (χ4n) is 2.51. The van der Waals surface area contributed by atoms with E-state index in [9.17, 15) is 4.79 Å². The average molecular weight is 372 g/mol. The van der Waals surface area contributed by atoms with Gasteiger partial charge in [-0.15, -0.1) is 11.3 Å². The number of hydrogen-bond acceptors (Lipinski definition) is 3. The van der Waals surface area contributed by atoms with E-state index in [1.807, 2.05) is 48.7 Å². The van der Waals surface area contributed by atoms with E-state index in [-0.39, 0.29) is 5.91 Å². The Hall–Kier alpha value is -2.30. The first-order valence-corrected chi connectivity index (χ1v) is 9.26. The fourth-order valence-corrected chi connectivity index (χ4v) is 3.39. The van der Waals surface area contributed by atoms with Gasteiger partial charge in [0, 0.05) is 21.2 Å². The molecule has 1 aromatic heterocycles. The Morgan fingerprint density at radius 2 is 1.92 bits per heavy atom. The summed E-state index contributed by atoms with van der Waals surface area (Å²) >= 11 is 7.68. The number of amides is 1. The van der Waals surface area contributed by atoms with Crippen LogP contribution < -0.4 is 9.64 Å². The second kappa shape index (κ2) is 8.19. The molecule has 3 nitrogen and oxygen atoms in total. The normalized spacial score (nSPS) is 10.5. The fraction of sp³-hybridized carbons (Fsp3) is 0.150. The molecule has 2 aromatic carbocycles. The van der Waals surface area contributed by atoms with E-state index >= 15 is 0 Å². The number of ether oxygens (including phenoxy) is 1. The van der Waals surface area contributed by atoms with Crippen LogP contribution in [0.3, 0.4) is 0 Å². The summed E-state index contributed by atoms with van der Waals surface area (Å²) in [7, 11) is 0. The molecule has 0 spiro atoms. The van der Waals surface area contributed by atoms with Gasteiger partial charge in [-0.2, -0.15) is 0 Å². The Morgan fingerprint density at radius 1 is 1.12 bits per heavy atom. The predicted molar refractivity (Wildman–Crippen MR) is 104 cm³/mol. The lowest BCUT2D eigenvalue weighted by atomic mass is 10.1. The number of halogens is 1. The van der Waals surface area contributed by atoms with Gasteiger partial charge in [0.25, 0.3) is 5.91 Å². The van der Waals surface area contributed by atoms with Gasteiger partial charge in [-0.05, 0) is 60.8 Å². The van der Waals surface area contributed by atoms with Crippen molar-refractivity contribution < 1.29 is 9.53 Å². The third-order valence-corrected chi connectivity index (χ3v) is 4.77. The zero-order valence-corrected chi connectivity index (χ0v) is 15.4. The summed E-state index contributed by atoms with van der Waals surface area (Å²) in [4.78, 5) is 15.9. The van der Waals surface area contributed by atoms with Gasteiger partial charge in [-0.1, -0.05) is 23.7 Å². The Bertz CT molecular complexity index is 831. The molecule has 128 valence electrons. The van der Waals surface area contributed by atoms with E-state index in [1.54, 1.807) is 40.5 Å². The molecule has 0 radical (unpaired) electrons. The molecule has 0 aliphatic carbocycles. The van der Waals surface area contributed by atoms with Crippen LogP contribution in [0.5, 0.6) is 5.75 Å². The van der Waals surface area contributed by atoms with Crippen LogP contribution in [0.2, 0.25) is 5.02 Å². The van der Waals surface area contributed by atoms with Crippen molar-refractivity contribution >= 4 is 34.5 Å². The standard InChI is InChI=1S/C20H18ClNO2S/c1-2-24-18-10-8-17(9-11-18)22(14-19-7-4-12-25-19)20(23)15-5-3-6-16(21)13-15/h3-13H,2,14H2,1H3. The molecule has 0 fully saturated rings. The summed E-state index contributed by atoms with van der Waals surface area (Å²) in [5.41, 5.74) is 1.39. The number of anilines is 1. The molecule has 1 heterocycles. The highest BCUT2D eigenvalue weighted by Crippen LogP contribution is 2.25. The van der Waals surface area contributed by atoms with Crippen LogP contribution in [0.4, 0.5) is 5.69 Å². The number of carbonyl (C=O) groups excluding carboxylic acids is 1. The van der Waals surface area contributed by atoms with Crippen molar-refractivity contribution in [1.82, 2.24) is 0 Å². The predicted octanol–water partition coefficient (Wildman–Crippen LogP) is 5.65. The summed E-state index contributed by atoms with van der Waals surface area (Å²) in [5, 5.41) is 2.56. The molecule has 3 aromatic rings. The number of nitrogens with zero attached hydrogens (tertiary/aromatic N) is 1. The summed E-state index contributed by atoms with van der Waals surface area (Å²) in [5.74, 6) is 0.706. The molecule has 0 saturated heterocycles. The van der Waals surface area contributed by atoms with E-state index in [4.69, 9.17) is 16.3 Å². The van der Waals surface area contributed by atoms with Gasteiger partial charge in [0.05, 0.1) is 13.2 Å². The summed E-state index contributed by atoms with van der Waals surface area (Å²) in [6.45, 7) is 3.07. The molecular weight excluding hydrogens is 354 g/mol. The van der Waals surface area contributed by atoms with E-state index in [0.717, 1.165) is 16.3 Å². The van der Waals surface area contributed by atoms with Crippen LogP contribution >= 0.6 is 22.9 Å². The smallest absolute Gasteiger partial charge is 0.258 e. The molecule has 0 atom stereocenters. The van der Waals surface area contributed by atoms with Crippen LogP contribution in [-0.2, 0) is 6.54 Å². The van der Waals surface area contributed by atoms with Crippen molar-refractivity contribution in [2.24, 2.45) is 0 Å². The minimum absolute atomic E-state index is 0.0833. The summed E-state index contributed by atoms with van der Waals surface area (Å²) < 4.78 is 5.49. The van der Waals surface area contributed by atoms with Gasteiger partial charge < -0.3 is 9.64 Å². The first-order valence-electron chi connectivity index (χ1n) is 8.00. The van der Waals surface area contributed by atoms with Crippen LogP contribution in [0.1, 0.15) is 22.2 Å². The third-order valence-electron chi connectivity index (χ3n) is 3.67. The number of carbonyl (C=O) groups is 1. The van der Waals surface area contributed by atoms with Crippen molar-refractivity contribution in [2.45, 2.75) is 13.5 Å². The highest BCUT2D eigenvalue weighted by Gasteiger charge is 2.19. The quantitative estimate of drug-likeness (QED) is 0.560. The summed E-state index contributed by atoms with van der Waals surface area (Å²) in [6, 6.07) is 18.6. The highest BCUT2D eigenvalue weighted by molar-refractivity contribution is 7.09. The largest absolute Gasteiger partial charge is 0.494 e. The van der Waals surface area contributed by atoms with Gasteiger partial charge in [-0.3, -0.25) is 4.79 Å². The van der Waals surface area contributed by atoms with E-state index < -0.39 is 0 Å². The molecule has 0 saturated carbocycles. The zero-order chi connectivity index (χ0) is 17.6. The SMILES string of the molecule is CCOc1ccc(N(Cc2cccs2)C(=O)c2cccc(Cl)c2)cc1. The second-order valence-electron chi connectivity index (χ2n) is 5.41. The molecular formula is C20H18ClNO2S.